The van der Waals surface area contributed by atoms with E-state index in [1.54, 1.807) is 13.2 Å². The van der Waals surface area contributed by atoms with Crippen molar-refractivity contribution in [1.82, 2.24) is 19.8 Å². The fourth-order valence-electron chi connectivity index (χ4n) is 2.90. The van der Waals surface area contributed by atoms with Gasteiger partial charge in [0.25, 0.3) is 0 Å². The molecule has 0 bridgehead atoms. The maximum atomic E-state index is 6.07. The number of hydrogen-bond donors (Lipinski definition) is 1. The van der Waals surface area contributed by atoms with Crippen LogP contribution in [0, 0.1) is 0 Å². The molecule has 0 spiro atoms. The predicted molar refractivity (Wildman–Crippen MR) is 111 cm³/mol. The highest BCUT2D eigenvalue weighted by Gasteiger charge is 2.07. The van der Waals surface area contributed by atoms with Gasteiger partial charge in [-0.25, -0.2) is 4.98 Å². The molecule has 27 heavy (non-hydrogen) atoms. The van der Waals surface area contributed by atoms with Gasteiger partial charge >= 0.3 is 0 Å². The summed E-state index contributed by atoms with van der Waals surface area (Å²) in [7, 11) is 3.81. The smallest absolute Gasteiger partial charge is 0.193 e. The van der Waals surface area contributed by atoms with Crippen molar-refractivity contribution in [3.8, 4) is 0 Å². The van der Waals surface area contributed by atoms with Gasteiger partial charge in [0.15, 0.2) is 5.96 Å². The summed E-state index contributed by atoms with van der Waals surface area (Å²) in [4.78, 5) is 10.5. The molecule has 6 heteroatoms. The van der Waals surface area contributed by atoms with E-state index in [2.05, 4.69) is 55.1 Å². The minimum Gasteiger partial charge on any atom is -0.352 e. The van der Waals surface area contributed by atoms with Crippen LogP contribution in [-0.2, 0) is 19.6 Å². The molecule has 1 heterocycles. The summed E-state index contributed by atoms with van der Waals surface area (Å²) < 4.78 is 2.06. The summed E-state index contributed by atoms with van der Waals surface area (Å²) in [6, 6.07) is 16.5. The summed E-state index contributed by atoms with van der Waals surface area (Å²) >= 11 is 6.07. The van der Waals surface area contributed by atoms with Crippen molar-refractivity contribution < 1.29 is 0 Å². The molecular weight excluding hydrogens is 358 g/mol. The number of hydrogen-bond acceptors (Lipinski definition) is 2. The number of imidazole rings is 1. The van der Waals surface area contributed by atoms with Crippen LogP contribution in [0.4, 0.5) is 0 Å². The molecule has 3 aromatic rings. The van der Waals surface area contributed by atoms with Gasteiger partial charge in [-0.15, -0.1) is 0 Å². The number of rotatable bonds is 6. The van der Waals surface area contributed by atoms with E-state index in [1.807, 2.05) is 37.8 Å². The highest BCUT2D eigenvalue weighted by molar-refractivity contribution is 6.30. The van der Waals surface area contributed by atoms with Crippen molar-refractivity contribution >= 4 is 17.6 Å². The van der Waals surface area contributed by atoms with Gasteiger partial charge < -0.3 is 14.8 Å². The van der Waals surface area contributed by atoms with E-state index in [4.69, 9.17) is 11.6 Å². The minimum atomic E-state index is 0.720. The summed E-state index contributed by atoms with van der Waals surface area (Å²) in [6.45, 7) is 2.29. The van der Waals surface area contributed by atoms with Crippen LogP contribution >= 0.6 is 11.6 Å². The Morgan fingerprint density at radius 1 is 1.15 bits per heavy atom. The van der Waals surface area contributed by atoms with Crippen LogP contribution in [0.5, 0.6) is 0 Å². The standard InChI is InChI=1S/C21H24ClN5/c1-23-21(26(2)14-19-4-3-5-20(22)12-19)25-13-17-6-8-18(9-7-17)15-27-11-10-24-16-27/h3-12,16H,13-15H2,1-2H3,(H,23,25). The van der Waals surface area contributed by atoms with Crippen molar-refractivity contribution in [3.05, 3.63) is 89.0 Å². The molecule has 0 aliphatic heterocycles. The molecule has 140 valence electrons. The summed E-state index contributed by atoms with van der Waals surface area (Å²) in [6.07, 6.45) is 5.59. The average Bonchev–Trinajstić information content (AvgIpc) is 3.16. The normalized spacial score (nSPS) is 11.4. The molecule has 0 fully saturated rings. The summed E-state index contributed by atoms with van der Waals surface area (Å²) in [5.41, 5.74) is 3.61. The molecule has 0 unspecified atom stereocenters. The Morgan fingerprint density at radius 3 is 2.59 bits per heavy atom. The van der Waals surface area contributed by atoms with Crippen molar-refractivity contribution in [3.63, 3.8) is 0 Å². The first kappa shape index (κ1) is 19.0. The molecule has 0 aliphatic rings. The van der Waals surface area contributed by atoms with Crippen molar-refractivity contribution in [2.75, 3.05) is 14.1 Å². The Labute approximate surface area is 165 Å². The first-order valence-corrected chi connectivity index (χ1v) is 9.21. The Bertz CT molecular complexity index is 872. The second-order valence-corrected chi connectivity index (χ2v) is 6.87. The number of guanidine groups is 1. The van der Waals surface area contributed by atoms with Gasteiger partial charge in [-0.1, -0.05) is 48.0 Å². The van der Waals surface area contributed by atoms with E-state index in [0.29, 0.717) is 0 Å². The number of benzene rings is 2. The number of aromatic nitrogens is 2. The lowest BCUT2D eigenvalue weighted by atomic mass is 10.1. The van der Waals surface area contributed by atoms with Gasteiger partial charge in [0.1, 0.15) is 0 Å². The lowest BCUT2D eigenvalue weighted by Gasteiger charge is -2.22. The average molecular weight is 382 g/mol. The number of aliphatic imine (C=N–C) groups is 1. The molecule has 0 amide bonds. The minimum absolute atomic E-state index is 0.720. The second-order valence-electron chi connectivity index (χ2n) is 6.44. The third-order valence-electron chi connectivity index (χ3n) is 4.28. The van der Waals surface area contributed by atoms with E-state index in [0.717, 1.165) is 36.2 Å². The van der Waals surface area contributed by atoms with Crippen LogP contribution in [0.1, 0.15) is 16.7 Å². The van der Waals surface area contributed by atoms with E-state index in [9.17, 15) is 0 Å². The molecule has 0 radical (unpaired) electrons. The summed E-state index contributed by atoms with van der Waals surface area (Å²) in [5, 5.41) is 4.16. The Morgan fingerprint density at radius 2 is 1.93 bits per heavy atom. The lowest BCUT2D eigenvalue weighted by molar-refractivity contribution is 0.476. The van der Waals surface area contributed by atoms with Gasteiger partial charge in [-0.3, -0.25) is 4.99 Å². The van der Waals surface area contributed by atoms with E-state index >= 15 is 0 Å². The number of nitrogens with one attached hydrogen (secondary N) is 1. The van der Waals surface area contributed by atoms with Gasteiger partial charge in [0.2, 0.25) is 0 Å². The van der Waals surface area contributed by atoms with E-state index in [1.165, 1.54) is 11.1 Å². The van der Waals surface area contributed by atoms with Gasteiger partial charge in [-0.2, -0.15) is 0 Å². The van der Waals surface area contributed by atoms with Crippen LogP contribution in [0.2, 0.25) is 5.02 Å². The molecule has 3 rings (SSSR count). The molecule has 0 atom stereocenters. The molecule has 2 aromatic carbocycles. The predicted octanol–water partition coefficient (Wildman–Crippen LogP) is 3.79. The first-order chi connectivity index (χ1) is 13.1. The zero-order valence-electron chi connectivity index (χ0n) is 15.6. The zero-order chi connectivity index (χ0) is 19.1. The quantitative estimate of drug-likeness (QED) is 0.522. The van der Waals surface area contributed by atoms with Crippen LogP contribution in [0.25, 0.3) is 0 Å². The third kappa shape index (κ3) is 5.59. The van der Waals surface area contributed by atoms with E-state index in [-0.39, 0.29) is 0 Å². The fraction of sp³-hybridized carbons (Fsp3) is 0.238. The van der Waals surface area contributed by atoms with Crippen LogP contribution in [-0.4, -0.2) is 34.5 Å². The Hall–Kier alpha value is -2.79. The maximum Gasteiger partial charge on any atom is 0.193 e. The molecular formula is C21H24ClN5. The van der Waals surface area contributed by atoms with E-state index < -0.39 is 0 Å². The van der Waals surface area contributed by atoms with Crippen molar-refractivity contribution in [2.45, 2.75) is 19.6 Å². The number of nitrogens with zero attached hydrogens (tertiary/aromatic N) is 4. The molecule has 1 aromatic heterocycles. The van der Waals surface area contributed by atoms with Gasteiger partial charge in [-0.05, 0) is 28.8 Å². The first-order valence-electron chi connectivity index (χ1n) is 8.84. The van der Waals surface area contributed by atoms with Gasteiger partial charge in [0.05, 0.1) is 6.33 Å². The van der Waals surface area contributed by atoms with Gasteiger partial charge in [0, 0.05) is 51.1 Å². The third-order valence-corrected chi connectivity index (χ3v) is 4.52. The fourth-order valence-corrected chi connectivity index (χ4v) is 3.12. The molecule has 0 saturated carbocycles. The second kappa shape index (κ2) is 9.24. The topological polar surface area (TPSA) is 45.5 Å². The maximum absolute atomic E-state index is 6.07. The lowest BCUT2D eigenvalue weighted by Crippen LogP contribution is -2.38. The van der Waals surface area contributed by atoms with Crippen LogP contribution in [0.15, 0.2) is 72.2 Å². The van der Waals surface area contributed by atoms with Crippen molar-refractivity contribution in [2.24, 2.45) is 4.99 Å². The molecule has 0 aliphatic carbocycles. The van der Waals surface area contributed by atoms with Crippen LogP contribution in [0.3, 0.4) is 0 Å². The largest absolute Gasteiger partial charge is 0.352 e. The molecule has 0 saturated heterocycles. The Balaban J connectivity index is 1.54. The SMILES string of the molecule is CN=C(NCc1ccc(Cn2ccnc2)cc1)N(C)Cc1cccc(Cl)c1. The zero-order valence-corrected chi connectivity index (χ0v) is 16.4. The monoisotopic (exact) mass is 381 g/mol. The molecule has 5 nitrogen and oxygen atoms in total. The highest BCUT2D eigenvalue weighted by atomic mass is 35.5. The van der Waals surface area contributed by atoms with Crippen LogP contribution < -0.4 is 5.32 Å². The molecule has 1 N–H and O–H groups in total. The highest BCUT2D eigenvalue weighted by Crippen LogP contribution is 2.12. The Kier molecular flexibility index (Phi) is 6.49. The van der Waals surface area contributed by atoms with Crippen molar-refractivity contribution in [1.29, 1.82) is 0 Å². The number of halogens is 1. The summed E-state index contributed by atoms with van der Waals surface area (Å²) in [5.74, 6) is 0.845.